The van der Waals surface area contributed by atoms with E-state index in [1.807, 2.05) is 24.3 Å². The first-order chi connectivity index (χ1) is 40.8. The van der Waals surface area contributed by atoms with Gasteiger partial charge in [0, 0.05) is 66.5 Å². The molecule has 5 aromatic rings. The largest absolute Gasteiger partial charge is 0.481 e. The number of rotatable bonds is 21. The molecule has 26 nitrogen and oxygen atoms in total. The molecule has 0 saturated carbocycles. The number of aromatic nitrogens is 2. The van der Waals surface area contributed by atoms with Gasteiger partial charge in [0.15, 0.2) is 11.6 Å². The van der Waals surface area contributed by atoms with Crippen molar-refractivity contribution in [2.75, 3.05) is 26.2 Å². The molecule has 5 heterocycles. The summed E-state index contributed by atoms with van der Waals surface area (Å²) in [5, 5.41) is 44.9. The standard InChI is InChI=1S/C59H67N13O13/c1-3-59(83)41-26-47-51-39(31-72(47)56(81)40(41)32-84-57(59)82)38(37-12-7-8-13-42(37)68-51)30-66-85-23-22-62-48(73)19-20-49(74)64-29-36-17-15-35(16-18-36)25-45-53(78)69-43(14-9-21-63-58(60)61)52(77)65-28-33(2)67-46(27-50(75)76)55(80)71-44(54(79)70-45)24-34-10-5-4-6-11-34/h4-8,10-13,15-18,26,30,43-46,67,83H,2-3,9,14,19-25,27-29,31-32H2,1H3,(H,62,73)(H,64,74)(H,65,77)(H,69,78)(H,70,79)(H,71,80)(H,75,76)(H4,60,61,63)/b66-30+/t43-,44+,45-,46-,59-/m0/s1. The zero-order chi connectivity index (χ0) is 60.8. The van der Waals surface area contributed by atoms with Gasteiger partial charge in [0.25, 0.3) is 5.56 Å². The fourth-order valence-electron chi connectivity index (χ4n) is 10.1. The number of fused-ring (bicyclic) bond motifs is 5. The van der Waals surface area contributed by atoms with Gasteiger partial charge < -0.3 is 73.0 Å². The van der Waals surface area contributed by atoms with Gasteiger partial charge >= 0.3 is 11.9 Å². The quantitative estimate of drug-likeness (QED) is 0.0149. The molecule has 1 saturated heterocycles. The number of carboxylic acids is 1. The molecule has 26 heteroatoms. The highest BCUT2D eigenvalue weighted by Crippen LogP contribution is 2.40. The molecule has 0 radical (unpaired) electrons. The molecule has 8 rings (SSSR count). The maximum absolute atomic E-state index is 14.3. The van der Waals surface area contributed by atoms with Gasteiger partial charge in [0.05, 0.1) is 54.7 Å². The van der Waals surface area contributed by atoms with Crippen molar-refractivity contribution in [2.45, 2.75) is 108 Å². The van der Waals surface area contributed by atoms with Gasteiger partial charge in [-0.1, -0.05) is 91.5 Å². The van der Waals surface area contributed by atoms with Gasteiger partial charge in [-0.2, -0.15) is 0 Å². The fraction of sp³-hybridized carbons (Fsp3) is 0.356. The molecule has 0 aliphatic carbocycles. The number of nitrogens with one attached hydrogen (secondary N) is 7. The number of hydrogen-bond donors (Lipinski definition) is 11. The van der Waals surface area contributed by atoms with E-state index in [1.165, 1.54) is 10.8 Å². The summed E-state index contributed by atoms with van der Waals surface area (Å²) < 4.78 is 6.73. The van der Waals surface area contributed by atoms with E-state index in [4.69, 9.17) is 26.0 Å². The molecule has 3 aliphatic rings. The van der Waals surface area contributed by atoms with Crippen LogP contribution in [0.15, 0.2) is 112 Å². The summed E-state index contributed by atoms with van der Waals surface area (Å²) in [5.41, 5.74) is 13.9. The SMILES string of the molecule is C=C1CNC(=O)[C@H](CCCN=C(N)N)NC(=O)[C@H](Cc2ccc(CNC(=O)CCC(=O)NCCO/N=C/c3c4c(nc5ccccc35)-c3cc5c(c(=O)n3C4)COC(=O)[C@]5(O)CC)cc2)NC(=O)[C@@H](Cc2ccccc2)NC(=O)[C@H](CC(=O)O)N1. The monoisotopic (exact) mass is 1170 g/mol. The molecular weight excluding hydrogens is 1100 g/mol. The zero-order valence-corrected chi connectivity index (χ0v) is 46.6. The average Bonchev–Trinajstić information content (AvgIpc) is 1.86. The number of amides is 6. The molecule has 446 valence electrons. The van der Waals surface area contributed by atoms with Gasteiger partial charge in [-0.15, -0.1) is 0 Å². The Morgan fingerprint density at radius 1 is 0.824 bits per heavy atom. The number of cyclic esters (lactones) is 1. The Labute approximate surface area is 487 Å². The van der Waals surface area contributed by atoms with Crippen LogP contribution in [0.1, 0.15) is 84.4 Å². The summed E-state index contributed by atoms with van der Waals surface area (Å²) >= 11 is 0. The van der Waals surface area contributed by atoms with Crippen LogP contribution < -0.4 is 54.2 Å². The van der Waals surface area contributed by atoms with Crippen LogP contribution in [0.2, 0.25) is 0 Å². The van der Waals surface area contributed by atoms with Crippen LogP contribution in [0.3, 0.4) is 0 Å². The smallest absolute Gasteiger partial charge is 0.343 e. The number of aliphatic hydroxyl groups is 1. The lowest BCUT2D eigenvalue weighted by atomic mass is 9.86. The molecule has 13 N–H and O–H groups in total. The minimum absolute atomic E-state index is 0.00744. The lowest BCUT2D eigenvalue weighted by molar-refractivity contribution is -0.172. The first kappa shape index (κ1) is 61.1. The van der Waals surface area contributed by atoms with Crippen LogP contribution in [0.4, 0.5) is 0 Å². The number of hydrogen-bond acceptors (Lipinski definition) is 16. The number of nitrogens with two attached hydrogens (primary N) is 2. The number of pyridine rings is 2. The van der Waals surface area contributed by atoms with Crippen LogP contribution in [0, 0.1) is 0 Å². The van der Waals surface area contributed by atoms with Gasteiger partial charge in [0.1, 0.15) is 37.4 Å². The number of carbonyl (C=O) groups excluding carboxylic acids is 7. The van der Waals surface area contributed by atoms with Crippen molar-refractivity contribution >= 4 is 70.5 Å². The molecule has 85 heavy (non-hydrogen) atoms. The van der Waals surface area contributed by atoms with Gasteiger partial charge in [-0.05, 0) is 48.1 Å². The molecular formula is C59H67N13O13. The van der Waals surface area contributed by atoms with Crippen molar-refractivity contribution in [3.8, 4) is 11.4 Å². The lowest BCUT2D eigenvalue weighted by Gasteiger charge is -2.31. The van der Waals surface area contributed by atoms with E-state index in [0.717, 1.165) is 5.39 Å². The summed E-state index contributed by atoms with van der Waals surface area (Å²) in [4.78, 5) is 134. The Balaban J connectivity index is 0.857. The topological polar surface area (TPSA) is 391 Å². The van der Waals surface area contributed by atoms with Gasteiger partial charge in [-0.25, -0.2) is 9.78 Å². The third kappa shape index (κ3) is 15.4. The molecule has 0 bridgehead atoms. The highest BCUT2D eigenvalue weighted by atomic mass is 16.6. The average molecular weight is 1170 g/mol. The van der Waals surface area contributed by atoms with E-state index in [9.17, 15) is 53.4 Å². The van der Waals surface area contributed by atoms with E-state index in [0.29, 0.717) is 44.7 Å². The summed E-state index contributed by atoms with van der Waals surface area (Å²) in [6.45, 7) is 5.41. The number of ether oxygens (including phenoxy) is 1. The number of carbonyl (C=O) groups is 8. The van der Waals surface area contributed by atoms with Crippen LogP contribution in [-0.4, -0.2) is 130 Å². The molecule has 6 amide bonds. The summed E-state index contributed by atoms with van der Waals surface area (Å²) in [5.74, 6) is -6.07. The van der Waals surface area contributed by atoms with E-state index in [1.54, 1.807) is 67.6 Å². The first-order valence-electron chi connectivity index (χ1n) is 27.6. The van der Waals surface area contributed by atoms with Crippen LogP contribution in [0.5, 0.6) is 0 Å². The Morgan fingerprint density at radius 3 is 2.14 bits per heavy atom. The molecule has 0 spiro atoms. The third-order valence-electron chi connectivity index (χ3n) is 14.6. The van der Waals surface area contributed by atoms with Gasteiger partial charge in [-0.3, -0.25) is 43.3 Å². The number of benzene rings is 3. The molecule has 0 unspecified atom stereocenters. The summed E-state index contributed by atoms with van der Waals surface area (Å²) in [6, 6.07) is 19.4. The van der Waals surface area contributed by atoms with Crippen molar-refractivity contribution in [1.82, 2.24) is 46.8 Å². The minimum atomic E-state index is -1.97. The molecule has 1 fully saturated rings. The van der Waals surface area contributed by atoms with Crippen molar-refractivity contribution < 1.29 is 58.1 Å². The number of guanidine groups is 1. The van der Waals surface area contributed by atoms with Gasteiger partial charge in [0.2, 0.25) is 35.4 Å². The van der Waals surface area contributed by atoms with E-state index < -0.39 is 89.1 Å². The minimum Gasteiger partial charge on any atom is -0.481 e. The highest BCUT2D eigenvalue weighted by molar-refractivity contribution is 6.02. The lowest BCUT2D eigenvalue weighted by Crippen LogP contribution is -2.58. The predicted octanol–water partition coefficient (Wildman–Crippen LogP) is 0.0125. The highest BCUT2D eigenvalue weighted by Gasteiger charge is 2.45. The Kier molecular flexibility index (Phi) is 20.0. The third-order valence-corrected chi connectivity index (χ3v) is 14.6. The number of carboxylic acid groups (broad SMARTS) is 1. The van der Waals surface area contributed by atoms with Crippen LogP contribution >= 0.6 is 0 Å². The van der Waals surface area contributed by atoms with Crippen LogP contribution in [0.25, 0.3) is 22.3 Å². The number of aliphatic carboxylic acids is 1. The van der Waals surface area contributed by atoms with Crippen molar-refractivity contribution in [3.63, 3.8) is 0 Å². The predicted molar refractivity (Wildman–Crippen MR) is 309 cm³/mol. The molecule has 2 aromatic heterocycles. The Bertz CT molecular complexity index is 3510. The van der Waals surface area contributed by atoms with Crippen LogP contribution in [-0.2, 0) is 86.1 Å². The Morgan fingerprint density at radius 2 is 1.46 bits per heavy atom. The van der Waals surface area contributed by atoms with Crippen molar-refractivity contribution in [3.05, 3.63) is 147 Å². The number of esters is 1. The number of aliphatic imine (C=N–C) groups is 1. The molecule has 3 aromatic carbocycles. The number of para-hydroxylation sites is 1. The fourth-order valence-corrected chi connectivity index (χ4v) is 10.1. The number of oxime groups is 1. The maximum Gasteiger partial charge on any atom is 0.343 e. The second kappa shape index (κ2) is 27.9. The zero-order valence-electron chi connectivity index (χ0n) is 46.6. The second-order valence-electron chi connectivity index (χ2n) is 20.6. The Hall–Kier alpha value is -9.98. The van der Waals surface area contributed by atoms with E-state index in [-0.39, 0.29) is 114 Å². The summed E-state index contributed by atoms with van der Waals surface area (Å²) in [6.07, 6.45) is 0.791. The van der Waals surface area contributed by atoms with E-state index in [2.05, 4.69) is 53.9 Å². The maximum atomic E-state index is 14.3. The number of nitrogens with zero attached hydrogens (tertiary/aromatic N) is 4. The molecule has 5 atom stereocenters. The second-order valence-corrected chi connectivity index (χ2v) is 20.6. The first-order valence-corrected chi connectivity index (χ1v) is 27.6. The van der Waals surface area contributed by atoms with E-state index >= 15 is 0 Å². The molecule has 3 aliphatic heterocycles. The normalized spacial score (nSPS) is 19.7. The van der Waals surface area contributed by atoms with Crippen molar-refractivity contribution in [1.29, 1.82) is 0 Å². The van der Waals surface area contributed by atoms with Crippen molar-refractivity contribution in [2.24, 2.45) is 21.6 Å². The summed E-state index contributed by atoms with van der Waals surface area (Å²) in [7, 11) is 0.